The van der Waals surface area contributed by atoms with E-state index in [0.717, 1.165) is 31.7 Å². The van der Waals surface area contributed by atoms with Crippen molar-refractivity contribution in [3.63, 3.8) is 0 Å². The zero-order chi connectivity index (χ0) is 16.4. The van der Waals surface area contributed by atoms with Gasteiger partial charge in [-0.3, -0.25) is 4.90 Å². The fourth-order valence-electron chi connectivity index (χ4n) is 3.94. The van der Waals surface area contributed by atoms with Gasteiger partial charge < -0.3 is 10.4 Å². The minimum absolute atomic E-state index is 0.0745. The van der Waals surface area contributed by atoms with Crippen molar-refractivity contribution in [2.75, 3.05) is 31.6 Å². The highest BCUT2D eigenvalue weighted by Gasteiger charge is 2.41. The minimum atomic E-state index is -0.0745. The number of para-hydroxylation sites is 1. The number of aliphatic hydroxyl groups excluding tert-OH is 1. The Morgan fingerprint density at radius 2 is 2.08 bits per heavy atom. The number of nitrogens with zero attached hydrogens (tertiary/aromatic N) is 1. The molecule has 2 N–H and O–H groups in total. The fourth-order valence-corrected chi connectivity index (χ4v) is 4.79. The molecule has 0 unspecified atom stereocenters. The average molecular weight is 338 g/mol. The first-order valence-corrected chi connectivity index (χ1v) is 9.40. The third-order valence-corrected chi connectivity index (χ3v) is 6.20. The second-order valence-corrected chi connectivity index (χ2v) is 7.71. The standard InChI is InChI=1S/C20H22N2OS/c23-11-3-4-16-12-17(24-14-16)13-22-9-7-20(8-10-22)15-21-19-6-2-1-5-18(19)20/h1-2,5-6,12,14,21,23H,7-11,13,15H2. The van der Waals surface area contributed by atoms with Crippen LogP contribution in [-0.2, 0) is 12.0 Å². The summed E-state index contributed by atoms with van der Waals surface area (Å²) in [5.41, 5.74) is 4.20. The monoisotopic (exact) mass is 338 g/mol. The summed E-state index contributed by atoms with van der Waals surface area (Å²) in [6.07, 6.45) is 2.44. The van der Waals surface area contributed by atoms with Crippen molar-refractivity contribution in [1.29, 1.82) is 0 Å². The third-order valence-electron chi connectivity index (χ3n) is 5.27. The van der Waals surface area contributed by atoms with Crippen LogP contribution in [0.4, 0.5) is 5.69 Å². The Bertz CT molecular complexity index is 778. The summed E-state index contributed by atoms with van der Waals surface area (Å²) in [6.45, 7) is 4.31. The largest absolute Gasteiger partial charge is 0.384 e. The van der Waals surface area contributed by atoms with Gasteiger partial charge in [-0.2, -0.15) is 0 Å². The lowest BCUT2D eigenvalue weighted by Crippen LogP contribution is -2.43. The number of nitrogens with one attached hydrogen (secondary N) is 1. The van der Waals surface area contributed by atoms with Crippen LogP contribution < -0.4 is 5.32 Å². The number of rotatable bonds is 2. The maximum atomic E-state index is 8.78. The molecule has 1 saturated heterocycles. The molecule has 2 aliphatic heterocycles. The summed E-state index contributed by atoms with van der Waals surface area (Å²) >= 11 is 1.77. The summed E-state index contributed by atoms with van der Waals surface area (Å²) in [6, 6.07) is 11.0. The van der Waals surface area contributed by atoms with Crippen LogP contribution in [0.25, 0.3) is 0 Å². The van der Waals surface area contributed by atoms with Crippen molar-refractivity contribution in [3.05, 3.63) is 51.7 Å². The van der Waals surface area contributed by atoms with E-state index in [1.165, 1.54) is 29.0 Å². The van der Waals surface area contributed by atoms with E-state index >= 15 is 0 Å². The molecule has 1 aromatic heterocycles. The molecular formula is C20H22N2OS. The van der Waals surface area contributed by atoms with E-state index in [0.29, 0.717) is 5.41 Å². The number of aliphatic hydroxyl groups is 1. The third kappa shape index (κ3) is 2.95. The van der Waals surface area contributed by atoms with Gasteiger partial charge in [-0.15, -0.1) is 11.3 Å². The van der Waals surface area contributed by atoms with Gasteiger partial charge >= 0.3 is 0 Å². The summed E-state index contributed by atoms with van der Waals surface area (Å²) < 4.78 is 0. The number of hydrogen-bond donors (Lipinski definition) is 2. The zero-order valence-corrected chi connectivity index (χ0v) is 14.5. The van der Waals surface area contributed by atoms with Crippen molar-refractivity contribution in [2.45, 2.75) is 24.8 Å². The van der Waals surface area contributed by atoms with Crippen LogP contribution in [0.15, 0.2) is 35.7 Å². The SMILES string of the molecule is OCC#Cc1csc(CN2CCC3(CC2)CNc2ccccc23)c1. The van der Waals surface area contributed by atoms with Crippen molar-refractivity contribution >= 4 is 17.0 Å². The predicted octanol–water partition coefficient (Wildman–Crippen LogP) is 3.05. The Hall–Kier alpha value is -1.80. The Labute approximate surface area is 147 Å². The van der Waals surface area contributed by atoms with Gasteiger partial charge in [-0.25, -0.2) is 0 Å². The Balaban J connectivity index is 1.39. The van der Waals surface area contributed by atoms with Gasteiger partial charge in [-0.05, 0) is 43.6 Å². The Morgan fingerprint density at radius 3 is 2.92 bits per heavy atom. The zero-order valence-electron chi connectivity index (χ0n) is 13.7. The topological polar surface area (TPSA) is 35.5 Å². The van der Waals surface area contributed by atoms with Crippen LogP contribution in [0.3, 0.4) is 0 Å². The minimum Gasteiger partial charge on any atom is -0.384 e. The molecule has 3 nitrogen and oxygen atoms in total. The van der Waals surface area contributed by atoms with Gasteiger partial charge in [0, 0.05) is 40.0 Å². The molecule has 2 aliphatic rings. The second kappa shape index (κ2) is 6.60. The lowest BCUT2D eigenvalue weighted by molar-refractivity contribution is 0.163. The van der Waals surface area contributed by atoms with E-state index in [-0.39, 0.29) is 6.61 Å². The lowest BCUT2D eigenvalue weighted by Gasteiger charge is -2.39. The molecule has 124 valence electrons. The number of benzene rings is 1. The first kappa shape index (κ1) is 15.7. The first-order valence-electron chi connectivity index (χ1n) is 8.52. The van der Waals surface area contributed by atoms with E-state index in [1.807, 2.05) is 0 Å². The molecular weight excluding hydrogens is 316 g/mol. The number of anilines is 1. The van der Waals surface area contributed by atoms with Crippen LogP contribution in [0.1, 0.15) is 28.8 Å². The van der Waals surface area contributed by atoms with Crippen LogP contribution in [0, 0.1) is 11.8 Å². The van der Waals surface area contributed by atoms with Crippen molar-refractivity contribution < 1.29 is 5.11 Å². The van der Waals surface area contributed by atoms with E-state index in [9.17, 15) is 0 Å². The molecule has 1 fully saturated rings. The van der Waals surface area contributed by atoms with Gasteiger partial charge in [-0.1, -0.05) is 30.0 Å². The molecule has 24 heavy (non-hydrogen) atoms. The maximum Gasteiger partial charge on any atom is 0.104 e. The quantitative estimate of drug-likeness (QED) is 0.826. The predicted molar refractivity (Wildman–Crippen MR) is 99.4 cm³/mol. The summed E-state index contributed by atoms with van der Waals surface area (Å²) in [5.74, 6) is 5.70. The maximum absolute atomic E-state index is 8.78. The average Bonchev–Trinajstić information content (AvgIpc) is 3.21. The second-order valence-electron chi connectivity index (χ2n) is 6.72. The van der Waals surface area contributed by atoms with Gasteiger partial charge in [0.15, 0.2) is 0 Å². The number of likely N-dealkylation sites (tertiary alicyclic amines) is 1. The normalized spacial score (nSPS) is 18.7. The van der Waals surface area contributed by atoms with Crippen LogP contribution in [0.5, 0.6) is 0 Å². The fraction of sp³-hybridized carbons (Fsp3) is 0.400. The molecule has 4 rings (SSSR count). The molecule has 1 spiro atoms. The first-order chi connectivity index (χ1) is 11.8. The van der Waals surface area contributed by atoms with Gasteiger partial charge in [0.25, 0.3) is 0 Å². The lowest BCUT2D eigenvalue weighted by atomic mass is 9.74. The molecule has 0 bridgehead atoms. The number of piperidine rings is 1. The molecule has 4 heteroatoms. The molecule has 0 saturated carbocycles. The van der Waals surface area contributed by atoms with Gasteiger partial charge in [0.2, 0.25) is 0 Å². The molecule has 0 atom stereocenters. The van der Waals surface area contributed by atoms with Gasteiger partial charge in [0.1, 0.15) is 6.61 Å². The van der Waals surface area contributed by atoms with E-state index in [1.54, 1.807) is 11.3 Å². The van der Waals surface area contributed by atoms with Crippen LogP contribution in [-0.4, -0.2) is 36.2 Å². The highest BCUT2D eigenvalue weighted by Crippen LogP contribution is 2.43. The van der Waals surface area contributed by atoms with Crippen LogP contribution in [0.2, 0.25) is 0 Å². The molecule has 3 heterocycles. The van der Waals surface area contributed by atoms with Crippen molar-refractivity contribution in [3.8, 4) is 11.8 Å². The molecule has 2 aromatic rings. The number of thiophene rings is 1. The van der Waals surface area contributed by atoms with E-state index in [4.69, 9.17) is 5.11 Å². The van der Waals surface area contributed by atoms with E-state index in [2.05, 4.69) is 57.8 Å². The van der Waals surface area contributed by atoms with E-state index < -0.39 is 0 Å². The molecule has 0 amide bonds. The highest BCUT2D eigenvalue weighted by atomic mass is 32.1. The molecule has 0 aliphatic carbocycles. The Kier molecular flexibility index (Phi) is 4.32. The van der Waals surface area contributed by atoms with Crippen molar-refractivity contribution in [1.82, 2.24) is 4.90 Å². The number of hydrogen-bond acceptors (Lipinski definition) is 4. The Morgan fingerprint density at radius 1 is 1.25 bits per heavy atom. The van der Waals surface area contributed by atoms with Gasteiger partial charge in [0.05, 0.1) is 0 Å². The summed E-state index contributed by atoms with van der Waals surface area (Å²) in [5, 5.41) is 14.5. The smallest absolute Gasteiger partial charge is 0.104 e. The summed E-state index contributed by atoms with van der Waals surface area (Å²) in [7, 11) is 0. The molecule has 1 aromatic carbocycles. The van der Waals surface area contributed by atoms with Crippen molar-refractivity contribution in [2.24, 2.45) is 0 Å². The highest BCUT2D eigenvalue weighted by molar-refractivity contribution is 7.10. The number of fused-ring (bicyclic) bond motifs is 2. The molecule has 0 radical (unpaired) electrons. The van der Waals surface area contributed by atoms with Crippen LogP contribution >= 0.6 is 11.3 Å². The summed E-state index contributed by atoms with van der Waals surface area (Å²) in [4.78, 5) is 3.92.